The Kier molecular flexibility index (Phi) is 5.82. The van der Waals surface area contributed by atoms with Gasteiger partial charge in [-0.1, -0.05) is 13.3 Å². The van der Waals surface area contributed by atoms with Crippen molar-refractivity contribution in [3.05, 3.63) is 28.2 Å². The zero-order chi connectivity index (χ0) is 21.5. The lowest BCUT2D eigenvalue weighted by atomic mass is 10.1. The normalized spacial score (nSPS) is 23.8. The molecule has 2 fully saturated rings. The van der Waals surface area contributed by atoms with E-state index in [9.17, 15) is 13.2 Å². The van der Waals surface area contributed by atoms with Crippen LogP contribution in [0.5, 0.6) is 0 Å². The predicted octanol–water partition coefficient (Wildman–Crippen LogP) is 1.80. The van der Waals surface area contributed by atoms with Crippen LogP contribution in [0.3, 0.4) is 0 Å². The van der Waals surface area contributed by atoms with Gasteiger partial charge in [0.15, 0.2) is 0 Å². The Bertz CT molecular complexity index is 1090. The van der Waals surface area contributed by atoms with Gasteiger partial charge in [-0.15, -0.1) is 0 Å². The third kappa shape index (κ3) is 3.95. The average molecular weight is 435 g/mol. The second-order valence-electron chi connectivity index (χ2n) is 8.48. The summed E-state index contributed by atoms with van der Waals surface area (Å²) in [5.74, 6) is 0.928. The second kappa shape index (κ2) is 8.24. The van der Waals surface area contributed by atoms with Gasteiger partial charge in [0.1, 0.15) is 5.65 Å². The number of rotatable bonds is 5. The molecule has 10 heteroatoms. The number of fused-ring (bicyclic) bond motifs is 1. The lowest BCUT2D eigenvalue weighted by molar-refractivity contribution is 0.326. The first kappa shape index (κ1) is 21.2. The molecule has 9 nitrogen and oxygen atoms in total. The molecule has 0 amide bonds. The highest BCUT2D eigenvalue weighted by Crippen LogP contribution is 2.36. The Morgan fingerprint density at radius 3 is 2.53 bits per heavy atom. The van der Waals surface area contributed by atoms with E-state index >= 15 is 0 Å². The molecule has 1 saturated heterocycles. The molecule has 2 N–H and O–H groups in total. The molecule has 2 atom stereocenters. The summed E-state index contributed by atoms with van der Waals surface area (Å²) >= 11 is 0. The highest BCUT2D eigenvalue weighted by molar-refractivity contribution is 7.87. The topological polar surface area (TPSA) is 109 Å². The standard InChI is InChI=1S/C20H30N6O3S/c1-13-5-4-6-17(13)26-18-15(11-14(2)19(26)27)12-22-20(24-18)23-16-7-9-25(10-8-16)30(28,29)21-3/h11-13,16-17,21H,4-10H2,1-3H3,(H,22,23,24)/t13-,17+/m1/s1. The van der Waals surface area contributed by atoms with E-state index in [4.69, 9.17) is 4.98 Å². The van der Waals surface area contributed by atoms with Gasteiger partial charge in [-0.05, 0) is 44.6 Å². The molecule has 1 aliphatic carbocycles. The Hall–Kier alpha value is -2.04. The molecule has 0 spiro atoms. The summed E-state index contributed by atoms with van der Waals surface area (Å²) in [6.45, 7) is 4.93. The third-order valence-corrected chi connectivity index (χ3v) is 8.05. The molecule has 4 rings (SSSR count). The van der Waals surface area contributed by atoms with Crippen LogP contribution >= 0.6 is 0 Å². The van der Waals surface area contributed by atoms with Gasteiger partial charge in [-0.25, -0.2) is 9.71 Å². The van der Waals surface area contributed by atoms with Crippen LogP contribution in [-0.2, 0) is 10.2 Å². The lowest BCUT2D eigenvalue weighted by Gasteiger charge is -2.31. The molecule has 30 heavy (non-hydrogen) atoms. The van der Waals surface area contributed by atoms with Crippen LogP contribution in [0, 0.1) is 12.8 Å². The molecule has 164 valence electrons. The number of aromatic nitrogens is 3. The number of nitrogens with zero attached hydrogens (tertiary/aromatic N) is 4. The van der Waals surface area contributed by atoms with E-state index in [0.717, 1.165) is 24.6 Å². The molecule has 1 saturated carbocycles. The van der Waals surface area contributed by atoms with Crippen LogP contribution in [0.1, 0.15) is 50.6 Å². The van der Waals surface area contributed by atoms with E-state index in [1.54, 1.807) is 6.20 Å². The van der Waals surface area contributed by atoms with E-state index in [-0.39, 0.29) is 17.6 Å². The van der Waals surface area contributed by atoms with E-state index in [2.05, 4.69) is 21.9 Å². The Morgan fingerprint density at radius 1 is 1.17 bits per heavy atom. The van der Waals surface area contributed by atoms with Crippen LogP contribution in [0.4, 0.5) is 5.95 Å². The van der Waals surface area contributed by atoms with Crippen LogP contribution < -0.4 is 15.6 Å². The predicted molar refractivity (Wildman–Crippen MR) is 117 cm³/mol. The fourth-order valence-corrected chi connectivity index (χ4v) is 5.65. The lowest BCUT2D eigenvalue weighted by Crippen LogP contribution is -2.46. The highest BCUT2D eigenvalue weighted by atomic mass is 32.2. The summed E-state index contributed by atoms with van der Waals surface area (Å²) < 4.78 is 29.6. The van der Waals surface area contributed by atoms with Crippen molar-refractivity contribution >= 4 is 27.2 Å². The molecule has 1 aliphatic heterocycles. The van der Waals surface area contributed by atoms with Gasteiger partial charge in [-0.2, -0.15) is 17.7 Å². The number of hydrogen-bond donors (Lipinski definition) is 2. The minimum Gasteiger partial charge on any atom is -0.351 e. The first-order chi connectivity index (χ1) is 14.3. The van der Waals surface area contributed by atoms with Crippen molar-refractivity contribution in [3.8, 4) is 0 Å². The number of anilines is 1. The summed E-state index contributed by atoms with van der Waals surface area (Å²) in [6.07, 6.45) is 6.35. The maximum Gasteiger partial charge on any atom is 0.279 e. The summed E-state index contributed by atoms with van der Waals surface area (Å²) in [5, 5.41) is 4.21. The van der Waals surface area contributed by atoms with Gasteiger partial charge in [0.2, 0.25) is 5.95 Å². The van der Waals surface area contributed by atoms with Crippen LogP contribution in [0.15, 0.2) is 17.1 Å². The number of piperidine rings is 1. The molecule has 0 radical (unpaired) electrons. The maximum absolute atomic E-state index is 13.0. The number of pyridine rings is 1. The van der Waals surface area contributed by atoms with Gasteiger partial charge in [-0.3, -0.25) is 9.36 Å². The largest absolute Gasteiger partial charge is 0.351 e. The molecule has 3 heterocycles. The summed E-state index contributed by atoms with van der Waals surface area (Å²) in [6, 6.07) is 2.11. The fourth-order valence-electron chi connectivity index (χ4n) is 4.70. The van der Waals surface area contributed by atoms with Crippen molar-refractivity contribution in [2.24, 2.45) is 5.92 Å². The maximum atomic E-state index is 13.0. The van der Waals surface area contributed by atoms with E-state index in [1.165, 1.54) is 11.4 Å². The van der Waals surface area contributed by atoms with Gasteiger partial charge >= 0.3 is 0 Å². The molecular formula is C20H30N6O3S. The second-order valence-corrected chi connectivity index (χ2v) is 10.4. The van der Waals surface area contributed by atoms with E-state index in [0.29, 0.717) is 49.0 Å². The van der Waals surface area contributed by atoms with Crippen LogP contribution in [-0.4, -0.2) is 53.4 Å². The van der Waals surface area contributed by atoms with Crippen molar-refractivity contribution in [2.75, 3.05) is 25.5 Å². The van der Waals surface area contributed by atoms with Gasteiger partial charge < -0.3 is 5.32 Å². The van der Waals surface area contributed by atoms with Gasteiger partial charge in [0.25, 0.3) is 15.8 Å². The average Bonchev–Trinajstić information content (AvgIpc) is 3.15. The molecule has 2 aliphatic rings. The van der Waals surface area contributed by atoms with E-state index in [1.807, 2.05) is 17.6 Å². The summed E-state index contributed by atoms with van der Waals surface area (Å²) in [5.41, 5.74) is 1.41. The number of nitrogens with one attached hydrogen (secondary N) is 2. The first-order valence-electron chi connectivity index (χ1n) is 10.6. The van der Waals surface area contributed by atoms with E-state index < -0.39 is 10.2 Å². The number of hydrogen-bond acceptors (Lipinski definition) is 6. The minimum absolute atomic E-state index is 0.0245. The SMILES string of the molecule is CNS(=O)(=O)N1CCC(Nc2ncc3cc(C)c(=O)n([C@H]4CCC[C@H]4C)c3n2)CC1. The van der Waals surface area contributed by atoms with Crippen LogP contribution in [0.25, 0.3) is 11.0 Å². The minimum atomic E-state index is -3.39. The molecular weight excluding hydrogens is 404 g/mol. The van der Waals surface area contributed by atoms with Crippen molar-refractivity contribution in [2.45, 2.75) is 58.0 Å². The quantitative estimate of drug-likeness (QED) is 0.743. The summed E-state index contributed by atoms with van der Waals surface area (Å²) in [7, 11) is -1.96. The van der Waals surface area contributed by atoms with Gasteiger partial charge in [0, 0.05) is 49.4 Å². The molecule has 0 bridgehead atoms. The molecule has 0 unspecified atom stereocenters. The monoisotopic (exact) mass is 434 g/mol. The molecule has 2 aromatic rings. The number of aryl methyl sites for hydroxylation is 1. The zero-order valence-corrected chi connectivity index (χ0v) is 18.6. The fraction of sp³-hybridized carbons (Fsp3) is 0.650. The molecule has 2 aromatic heterocycles. The van der Waals surface area contributed by atoms with Crippen molar-refractivity contribution in [1.29, 1.82) is 0 Å². The zero-order valence-electron chi connectivity index (χ0n) is 17.8. The Labute approximate surface area is 177 Å². The third-order valence-electron chi connectivity index (χ3n) is 6.49. The van der Waals surface area contributed by atoms with Crippen LogP contribution in [0.2, 0.25) is 0 Å². The van der Waals surface area contributed by atoms with Crippen molar-refractivity contribution in [1.82, 2.24) is 23.6 Å². The summed E-state index contributed by atoms with van der Waals surface area (Å²) in [4.78, 5) is 22.2. The molecule has 0 aromatic carbocycles. The Balaban J connectivity index is 1.59. The Morgan fingerprint density at radius 2 is 1.90 bits per heavy atom. The van der Waals surface area contributed by atoms with Crippen molar-refractivity contribution < 1.29 is 8.42 Å². The van der Waals surface area contributed by atoms with Crippen molar-refractivity contribution in [3.63, 3.8) is 0 Å². The van der Waals surface area contributed by atoms with Gasteiger partial charge in [0.05, 0.1) is 0 Å². The smallest absolute Gasteiger partial charge is 0.279 e. The highest BCUT2D eigenvalue weighted by Gasteiger charge is 2.29. The first-order valence-corrected chi connectivity index (χ1v) is 12.1.